The molecule has 1 aromatic heterocycles. The molecule has 122 valence electrons. The molecular weight excluding hydrogens is 295 g/mol. The molecule has 1 aromatic carbocycles. The highest BCUT2D eigenvalue weighted by Crippen LogP contribution is 2.19. The molecule has 0 unspecified atom stereocenters. The second kappa shape index (κ2) is 7.04. The quantitative estimate of drug-likeness (QED) is 0.868. The van der Waals surface area contributed by atoms with Gasteiger partial charge >= 0.3 is 0 Å². The first-order valence-electron chi connectivity index (χ1n) is 8.15. The maximum absolute atomic E-state index is 13.9. The maximum atomic E-state index is 13.9. The lowest BCUT2D eigenvalue weighted by atomic mass is 10.1. The number of piperidine rings is 1. The largest absolute Gasteiger partial charge is 0.376 e. The van der Waals surface area contributed by atoms with E-state index in [1.165, 1.54) is 6.07 Å². The Bertz CT molecular complexity index is 704. The monoisotopic (exact) mass is 316 g/mol. The van der Waals surface area contributed by atoms with Gasteiger partial charge in [0.15, 0.2) is 0 Å². The Labute approximate surface area is 135 Å². The molecular formula is C18H21FN2O2. The first kappa shape index (κ1) is 15.9. The summed E-state index contributed by atoms with van der Waals surface area (Å²) in [5, 5.41) is 0.698. The SMILES string of the molecule is CCCO[C@@H]1CCCN(C(=O)c2ccc3cccc(F)c3n2)C1. The van der Waals surface area contributed by atoms with Crippen LogP contribution in [0.5, 0.6) is 0 Å². The van der Waals surface area contributed by atoms with Crippen LogP contribution in [-0.2, 0) is 4.74 Å². The van der Waals surface area contributed by atoms with E-state index in [0.29, 0.717) is 30.8 Å². The second-order valence-electron chi connectivity index (χ2n) is 5.89. The number of carbonyl (C=O) groups is 1. The van der Waals surface area contributed by atoms with Crippen molar-refractivity contribution in [2.75, 3.05) is 19.7 Å². The Balaban J connectivity index is 1.78. The summed E-state index contributed by atoms with van der Waals surface area (Å²) in [6.45, 7) is 4.06. The van der Waals surface area contributed by atoms with Crippen molar-refractivity contribution in [3.8, 4) is 0 Å². The van der Waals surface area contributed by atoms with Crippen molar-refractivity contribution in [2.24, 2.45) is 0 Å². The van der Waals surface area contributed by atoms with E-state index in [2.05, 4.69) is 11.9 Å². The van der Waals surface area contributed by atoms with Gasteiger partial charge in [-0.25, -0.2) is 9.37 Å². The number of hydrogen-bond acceptors (Lipinski definition) is 3. The predicted octanol–water partition coefficient (Wildman–Crippen LogP) is 3.41. The Morgan fingerprint density at radius 3 is 3.09 bits per heavy atom. The first-order chi connectivity index (χ1) is 11.2. The van der Waals surface area contributed by atoms with Crippen molar-refractivity contribution >= 4 is 16.8 Å². The molecule has 5 heteroatoms. The molecule has 4 nitrogen and oxygen atoms in total. The number of rotatable bonds is 4. The lowest BCUT2D eigenvalue weighted by Crippen LogP contribution is -2.43. The number of carbonyl (C=O) groups excluding carboxylic acids is 1. The molecule has 0 bridgehead atoms. The van der Waals surface area contributed by atoms with Gasteiger partial charge in [-0.15, -0.1) is 0 Å². The molecule has 2 aromatic rings. The van der Waals surface area contributed by atoms with Gasteiger partial charge in [-0.2, -0.15) is 0 Å². The van der Waals surface area contributed by atoms with E-state index in [1.807, 2.05) is 0 Å². The summed E-state index contributed by atoms with van der Waals surface area (Å²) < 4.78 is 19.6. The molecule has 0 spiro atoms. The van der Waals surface area contributed by atoms with Gasteiger partial charge in [0.05, 0.1) is 6.10 Å². The van der Waals surface area contributed by atoms with E-state index in [4.69, 9.17) is 4.74 Å². The van der Waals surface area contributed by atoms with Crippen LogP contribution in [0.2, 0.25) is 0 Å². The highest BCUT2D eigenvalue weighted by molar-refractivity contribution is 5.95. The van der Waals surface area contributed by atoms with Crippen LogP contribution in [-0.4, -0.2) is 41.6 Å². The van der Waals surface area contributed by atoms with Gasteiger partial charge < -0.3 is 9.64 Å². The molecule has 3 rings (SSSR count). The molecule has 0 N–H and O–H groups in total. The van der Waals surface area contributed by atoms with E-state index < -0.39 is 5.82 Å². The van der Waals surface area contributed by atoms with Crippen molar-refractivity contribution in [3.05, 3.63) is 41.8 Å². The summed E-state index contributed by atoms with van der Waals surface area (Å²) in [6.07, 6.45) is 2.95. The van der Waals surface area contributed by atoms with Crippen molar-refractivity contribution in [1.29, 1.82) is 0 Å². The lowest BCUT2D eigenvalue weighted by molar-refractivity contribution is 0.00193. The molecule has 2 heterocycles. The zero-order valence-corrected chi connectivity index (χ0v) is 13.3. The van der Waals surface area contributed by atoms with Crippen molar-refractivity contribution in [2.45, 2.75) is 32.3 Å². The van der Waals surface area contributed by atoms with Crippen LogP contribution in [0.25, 0.3) is 10.9 Å². The zero-order valence-electron chi connectivity index (χ0n) is 13.3. The number of ether oxygens (including phenoxy) is 1. The number of para-hydroxylation sites is 1. The number of hydrogen-bond donors (Lipinski definition) is 0. The number of likely N-dealkylation sites (tertiary alicyclic amines) is 1. The van der Waals surface area contributed by atoms with E-state index in [0.717, 1.165) is 19.3 Å². The molecule has 0 aliphatic carbocycles. The summed E-state index contributed by atoms with van der Waals surface area (Å²) in [5.74, 6) is -0.556. The van der Waals surface area contributed by atoms with Gasteiger partial charge in [-0.1, -0.05) is 25.1 Å². The fourth-order valence-corrected chi connectivity index (χ4v) is 2.94. The highest BCUT2D eigenvalue weighted by Gasteiger charge is 2.25. The molecule has 1 aliphatic heterocycles. The van der Waals surface area contributed by atoms with Gasteiger partial charge in [-0.3, -0.25) is 4.79 Å². The third-order valence-corrected chi connectivity index (χ3v) is 4.11. The van der Waals surface area contributed by atoms with Crippen molar-refractivity contribution < 1.29 is 13.9 Å². The van der Waals surface area contributed by atoms with Gasteiger partial charge in [0.2, 0.25) is 0 Å². The van der Waals surface area contributed by atoms with Crippen molar-refractivity contribution in [1.82, 2.24) is 9.88 Å². The number of benzene rings is 1. The zero-order chi connectivity index (χ0) is 16.2. The normalized spacial score (nSPS) is 18.3. The molecule has 23 heavy (non-hydrogen) atoms. The molecule has 1 atom stereocenters. The Morgan fingerprint density at radius 2 is 2.26 bits per heavy atom. The molecule has 1 fully saturated rings. The fourth-order valence-electron chi connectivity index (χ4n) is 2.94. The standard InChI is InChI=1S/C18H21FN2O2/c1-2-11-23-14-6-4-10-21(12-14)18(22)16-9-8-13-5-3-7-15(19)17(13)20-16/h3,5,7-9,14H,2,4,6,10-12H2,1H3/t14-/m1/s1. The molecule has 0 saturated carbocycles. The molecule has 1 amide bonds. The van der Waals surface area contributed by atoms with Gasteiger partial charge in [0.25, 0.3) is 5.91 Å². The van der Waals surface area contributed by atoms with E-state index in [-0.39, 0.29) is 17.5 Å². The smallest absolute Gasteiger partial charge is 0.272 e. The molecule has 0 radical (unpaired) electrons. The minimum Gasteiger partial charge on any atom is -0.376 e. The topological polar surface area (TPSA) is 42.4 Å². The van der Waals surface area contributed by atoms with Crippen LogP contribution in [0.3, 0.4) is 0 Å². The molecule has 1 aliphatic rings. The average Bonchev–Trinajstić information content (AvgIpc) is 2.60. The number of halogens is 1. The van der Waals surface area contributed by atoms with E-state index in [9.17, 15) is 9.18 Å². The van der Waals surface area contributed by atoms with Crippen LogP contribution in [0.4, 0.5) is 4.39 Å². The second-order valence-corrected chi connectivity index (χ2v) is 5.89. The Hall–Kier alpha value is -2.01. The van der Waals surface area contributed by atoms with Crippen LogP contribution >= 0.6 is 0 Å². The predicted molar refractivity (Wildman–Crippen MR) is 86.9 cm³/mol. The van der Waals surface area contributed by atoms with Gasteiger partial charge in [-0.05, 0) is 31.4 Å². The number of amides is 1. The Morgan fingerprint density at radius 1 is 1.39 bits per heavy atom. The Kier molecular flexibility index (Phi) is 4.86. The number of fused-ring (bicyclic) bond motifs is 1. The summed E-state index contributed by atoms with van der Waals surface area (Å²) in [4.78, 5) is 18.7. The van der Waals surface area contributed by atoms with Gasteiger partial charge in [0.1, 0.15) is 17.0 Å². The van der Waals surface area contributed by atoms with Gasteiger partial charge in [0, 0.05) is 25.1 Å². The van der Waals surface area contributed by atoms with E-state index in [1.54, 1.807) is 29.2 Å². The van der Waals surface area contributed by atoms with Crippen molar-refractivity contribution in [3.63, 3.8) is 0 Å². The number of aromatic nitrogens is 1. The number of nitrogens with zero attached hydrogens (tertiary/aromatic N) is 2. The summed E-state index contributed by atoms with van der Waals surface area (Å²) in [6, 6.07) is 8.20. The number of pyridine rings is 1. The lowest BCUT2D eigenvalue weighted by Gasteiger charge is -2.32. The van der Waals surface area contributed by atoms with Crippen LogP contribution < -0.4 is 0 Å². The molecule has 1 saturated heterocycles. The third kappa shape index (κ3) is 3.50. The average molecular weight is 316 g/mol. The van der Waals surface area contributed by atoms with Crippen LogP contribution in [0.1, 0.15) is 36.7 Å². The third-order valence-electron chi connectivity index (χ3n) is 4.11. The fraction of sp³-hybridized carbons (Fsp3) is 0.444. The first-order valence-corrected chi connectivity index (χ1v) is 8.15. The minimum absolute atomic E-state index is 0.0878. The van der Waals surface area contributed by atoms with Crippen LogP contribution in [0.15, 0.2) is 30.3 Å². The van der Waals surface area contributed by atoms with E-state index >= 15 is 0 Å². The minimum atomic E-state index is -0.403. The van der Waals surface area contributed by atoms with Crippen LogP contribution in [0, 0.1) is 5.82 Å². The highest BCUT2D eigenvalue weighted by atomic mass is 19.1. The summed E-state index contributed by atoms with van der Waals surface area (Å²) in [7, 11) is 0. The summed E-state index contributed by atoms with van der Waals surface area (Å²) in [5.41, 5.74) is 0.535. The summed E-state index contributed by atoms with van der Waals surface area (Å²) >= 11 is 0. The maximum Gasteiger partial charge on any atom is 0.272 e.